The summed E-state index contributed by atoms with van der Waals surface area (Å²) in [6, 6.07) is 0. The van der Waals surface area contributed by atoms with E-state index >= 15 is 0 Å². The first-order chi connectivity index (χ1) is 1.73. The summed E-state index contributed by atoms with van der Waals surface area (Å²) in [5.41, 5.74) is 0. The van der Waals surface area contributed by atoms with Gasteiger partial charge >= 0.3 is 75.1 Å². The van der Waals surface area contributed by atoms with Gasteiger partial charge in [-0.2, -0.15) is 0 Å². The van der Waals surface area contributed by atoms with Gasteiger partial charge in [-0.15, -0.1) is 0 Å². The Labute approximate surface area is 128 Å². The second-order valence-electron chi connectivity index (χ2n) is 0.346. The van der Waals surface area contributed by atoms with E-state index in [0.717, 1.165) is 0 Å². The fourth-order valence-electron chi connectivity index (χ4n) is 0. The third kappa shape index (κ3) is 43.8. The summed E-state index contributed by atoms with van der Waals surface area (Å²) in [7, 11) is -2.17. The summed E-state index contributed by atoms with van der Waals surface area (Å²) in [6.45, 7) is 0. The van der Waals surface area contributed by atoms with Crippen molar-refractivity contribution in [2.45, 2.75) is 0 Å². The Morgan fingerprint density at radius 3 is 1.00 bits per heavy atom. The fraction of sp³-hybridized carbons (Fsp3) is 0. The van der Waals surface area contributed by atoms with Crippen LogP contribution in [-0.2, 0) is 0 Å². The van der Waals surface area contributed by atoms with Crippen molar-refractivity contribution in [2.24, 2.45) is 0 Å². The van der Waals surface area contributed by atoms with Crippen molar-refractivity contribution in [2.75, 3.05) is 0 Å². The molecule has 1 radical (unpaired) electrons. The van der Waals surface area contributed by atoms with Crippen LogP contribution in [0.5, 0.6) is 0 Å². The first-order valence-corrected chi connectivity index (χ1v) is 0.775. The van der Waals surface area contributed by atoms with Gasteiger partial charge in [-0.05, 0) is 0 Å². The molecule has 0 amide bonds. The Kier molecular flexibility index (Phi) is 52.0. The van der Waals surface area contributed by atoms with Gasteiger partial charge in [0.1, 0.15) is 0 Å². The Balaban J connectivity index is -0.0000000150. The molecule has 0 aromatic rings. The van der Waals surface area contributed by atoms with Crippen molar-refractivity contribution in [3.63, 3.8) is 0 Å². The number of hydrogen-bond acceptors (Lipinski definition) is 3. The maximum absolute atomic E-state index is 7.17. The topological polar surface area (TPSA) is 60.7 Å². The quantitative estimate of drug-likeness (QED) is 0.396. The third-order valence-electron chi connectivity index (χ3n) is 0. The Morgan fingerprint density at radius 1 is 1.00 bits per heavy atom. The van der Waals surface area contributed by atoms with E-state index in [2.05, 4.69) is 0 Å². The molecule has 0 rings (SSSR count). The molecule has 0 atom stereocenters. The first kappa shape index (κ1) is 22.4. The van der Waals surface area contributed by atoms with Gasteiger partial charge in [0.25, 0.3) is 0 Å². The van der Waals surface area contributed by atoms with Crippen LogP contribution in [0, 0.1) is 41.3 Å². The first-order valence-electron chi connectivity index (χ1n) is 0.775. The van der Waals surface area contributed by atoms with Crippen LogP contribution in [0.15, 0.2) is 0 Å². The van der Waals surface area contributed by atoms with Crippen LogP contribution in [0.1, 0.15) is 0 Å². The third-order valence-corrected chi connectivity index (χ3v) is 0. The van der Waals surface area contributed by atoms with Gasteiger partial charge in [-0.25, -0.2) is 0 Å². The zero-order valence-electron chi connectivity index (χ0n) is 2.50. The molecular weight excluding hydrogens is 344 g/mol. The molecule has 0 fully saturated rings. The minimum absolute atomic E-state index is 0. The van der Waals surface area contributed by atoms with E-state index in [9.17, 15) is 0 Å². The zero-order valence-corrected chi connectivity index (χ0v) is 6.20. The maximum Gasteiger partial charge on any atom is 0 e. The van der Waals surface area contributed by atoms with Gasteiger partial charge in [0.15, 0.2) is 0 Å². The summed E-state index contributed by atoms with van der Waals surface area (Å²) in [6.07, 6.45) is 0. The Morgan fingerprint density at radius 2 is 1.00 bits per heavy atom. The van der Waals surface area contributed by atoms with Crippen LogP contribution in [0.4, 0.5) is 0 Å². The molecule has 3 nitrogen and oxygen atoms in total. The molecule has 33 valence electrons. The summed E-state index contributed by atoms with van der Waals surface area (Å²) < 4.78 is 0. The largest absolute Gasteiger partial charge is 0 e. The van der Waals surface area contributed by atoms with Crippen LogP contribution < -0.4 is 0 Å². The molecule has 0 unspecified atom stereocenters. The minimum Gasteiger partial charge on any atom is 0 e. The van der Waals surface area contributed by atoms with E-state index in [0.29, 0.717) is 0 Å². The molecule has 0 saturated heterocycles. The van der Waals surface area contributed by atoms with Gasteiger partial charge in [0.05, 0.1) is 0 Å². The van der Waals surface area contributed by atoms with E-state index in [1.54, 1.807) is 0 Å². The standard InChI is InChI=1S/BH3O3.Ba.Li.Pr.3H/c2-1(3)4;;;;;;/h2-4H;;;;;;. The minimum atomic E-state index is -2.17. The second kappa shape index (κ2) is 16.2. The van der Waals surface area contributed by atoms with Crippen molar-refractivity contribution in [1.29, 1.82) is 0 Å². The molecule has 0 aliphatic carbocycles. The van der Waals surface area contributed by atoms with Crippen LogP contribution >= 0.6 is 0 Å². The van der Waals surface area contributed by atoms with Gasteiger partial charge in [0.2, 0.25) is 0 Å². The van der Waals surface area contributed by atoms with E-state index < -0.39 is 7.32 Å². The molecule has 0 heterocycles. The molecular formula is H6BBaLiO3Pr. The van der Waals surface area contributed by atoms with E-state index in [1.807, 2.05) is 0 Å². The predicted octanol–water partition coefficient (Wildman–Crippen LogP) is -3.62. The average Bonchev–Trinajstić information content (AvgIpc) is 0.811. The number of hydrogen-bond donors (Lipinski definition) is 3. The van der Waals surface area contributed by atoms with E-state index in [1.165, 1.54) is 0 Å². The maximum atomic E-state index is 7.17. The molecule has 3 N–H and O–H groups in total. The zero-order chi connectivity index (χ0) is 3.58. The van der Waals surface area contributed by atoms with Crippen LogP contribution in [-0.4, -0.2) is 90.1 Å². The molecule has 7 heteroatoms. The van der Waals surface area contributed by atoms with Crippen molar-refractivity contribution >= 4 is 75.1 Å². The molecule has 7 heavy (non-hydrogen) atoms. The van der Waals surface area contributed by atoms with Crippen LogP contribution in [0.2, 0.25) is 0 Å². The van der Waals surface area contributed by atoms with E-state index in [4.69, 9.17) is 15.1 Å². The molecule has 0 aromatic carbocycles. The summed E-state index contributed by atoms with van der Waals surface area (Å²) in [4.78, 5) is 0. The van der Waals surface area contributed by atoms with E-state index in [-0.39, 0.29) is 109 Å². The average molecular weight is 350 g/mol. The predicted molar refractivity (Wildman–Crippen MR) is 28.1 cm³/mol. The molecule has 0 spiro atoms. The van der Waals surface area contributed by atoms with Crippen molar-refractivity contribution < 1.29 is 56.4 Å². The Bertz CT molecular complexity index is 19.7. The smallest absolute Gasteiger partial charge is 0 e. The Hall–Kier alpha value is 3.48. The summed E-state index contributed by atoms with van der Waals surface area (Å²) in [5, 5.41) is 21.5. The van der Waals surface area contributed by atoms with Gasteiger partial charge in [-0.1, -0.05) is 0 Å². The van der Waals surface area contributed by atoms with Crippen LogP contribution in [0.25, 0.3) is 0 Å². The van der Waals surface area contributed by atoms with Gasteiger partial charge in [0, 0.05) is 41.3 Å². The molecule has 0 aliphatic heterocycles. The molecule has 0 saturated carbocycles. The molecule has 0 bridgehead atoms. The normalized spacial score (nSPS) is 3.86. The van der Waals surface area contributed by atoms with Gasteiger partial charge in [-0.3, -0.25) is 0 Å². The van der Waals surface area contributed by atoms with Crippen molar-refractivity contribution in [3.05, 3.63) is 0 Å². The van der Waals surface area contributed by atoms with Crippen molar-refractivity contribution in [3.8, 4) is 0 Å². The fourth-order valence-corrected chi connectivity index (χ4v) is 0. The van der Waals surface area contributed by atoms with Gasteiger partial charge < -0.3 is 15.1 Å². The van der Waals surface area contributed by atoms with Crippen molar-refractivity contribution in [1.82, 2.24) is 0 Å². The SMILES string of the molecule is OB(O)O.[BaH2].[LiH].[Pr]. The molecule has 0 aliphatic rings. The van der Waals surface area contributed by atoms with Crippen LogP contribution in [0.3, 0.4) is 0 Å². The summed E-state index contributed by atoms with van der Waals surface area (Å²) in [5.74, 6) is 0. The summed E-state index contributed by atoms with van der Waals surface area (Å²) >= 11 is 0. The number of rotatable bonds is 0. The molecule has 0 aromatic heterocycles. The second-order valence-corrected chi connectivity index (χ2v) is 0.346. The monoisotopic (exact) mass is 351 g/mol.